The number of nitrogens with one attached hydrogen (secondary N) is 2. The van der Waals surface area contributed by atoms with Crippen molar-refractivity contribution in [3.8, 4) is 6.07 Å². The van der Waals surface area contributed by atoms with Crippen LogP contribution < -0.4 is 10.6 Å². The summed E-state index contributed by atoms with van der Waals surface area (Å²) in [4.78, 5) is 12.0. The van der Waals surface area contributed by atoms with Crippen LogP contribution in [-0.4, -0.2) is 5.91 Å². The molecule has 0 spiro atoms. The molecular formula is C17H12F3N3O. The largest absolute Gasteiger partial charge is 0.358 e. The molecule has 0 bridgehead atoms. The quantitative estimate of drug-likeness (QED) is 0.508. The number of anilines is 2. The molecule has 0 aliphatic rings. The first-order chi connectivity index (χ1) is 11.4. The van der Waals surface area contributed by atoms with Crippen LogP contribution in [0.5, 0.6) is 0 Å². The highest BCUT2D eigenvalue weighted by molar-refractivity contribution is 6.06. The lowest BCUT2D eigenvalue weighted by Crippen LogP contribution is -2.14. The zero-order valence-corrected chi connectivity index (χ0v) is 12.5. The van der Waals surface area contributed by atoms with Crippen LogP contribution in [0.4, 0.5) is 24.5 Å². The standard InChI is InChI=1S/C17H12F3N3O/c1-10-2-4-12(5-3-10)23-17(24)11(8-21)9-22-14-7-6-13(18)15(19)16(14)20/h2-7,9,22H,1H3,(H,23,24)/b11-9-. The summed E-state index contributed by atoms with van der Waals surface area (Å²) in [7, 11) is 0. The third-order valence-corrected chi connectivity index (χ3v) is 3.08. The topological polar surface area (TPSA) is 64.9 Å². The Balaban J connectivity index is 2.14. The van der Waals surface area contributed by atoms with Gasteiger partial charge in [0.1, 0.15) is 11.6 Å². The van der Waals surface area contributed by atoms with Crippen LogP contribution in [0.15, 0.2) is 48.2 Å². The van der Waals surface area contributed by atoms with Gasteiger partial charge in [-0.15, -0.1) is 0 Å². The van der Waals surface area contributed by atoms with E-state index >= 15 is 0 Å². The van der Waals surface area contributed by atoms with Gasteiger partial charge in [-0.05, 0) is 31.2 Å². The second-order valence-electron chi connectivity index (χ2n) is 4.86. The van der Waals surface area contributed by atoms with Crippen molar-refractivity contribution in [3.05, 3.63) is 71.2 Å². The predicted octanol–water partition coefficient (Wildman–Crippen LogP) is 3.87. The van der Waals surface area contributed by atoms with Crippen molar-refractivity contribution >= 4 is 17.3 Å². The van der Waals surface area contributed by atoms with Gasteiger partial charge in [-0.3, -0.25) is 4.79 Å². The van der Waals surface area contributed by atoms with Crippen molar-refractivity contribution < 1.29 is 18.0 Å². The minimum atomic E-state index is -1.64. The number of hydrogen-bond donors (Lipinski definition) is 2. The fourth-order valence-corrected chi connectivity index (χ4v) is 1.77. The van der Waals surface area contributed by atoms with Gasteiger partial charge in [-0.1, -0.05) is 17.7 Å². The van der Waals surface area contributed by atoms with E-state index < -0.39 is 29.0 Å². The third-order valence-electron chi connectivity index (χ3n) is 3.08. The van der Waals surface area contributed by atoms with Crippen molar-refractivity contribution in [2.75, 3.05) is 10.6 Å². The normalized spacial score (nSPS) is 10.9. The van der Waals surface area contributed by atoms with Crippen LogP contribution in [0.25, 0.3) is 0 Å². The van der Waals surface area contributed by atoms with E-state index in [0.717, 1.165) is 23.9 Å². The second-order valence-corrected chi connectivity index (χ2v) is 4.86. The molecule has 0 atom stereocenters. The molecule has 4 nitrogen and oxygen atoms in total. The van der Waals surface area contributed by atoms with Gasteiger partial charge in [0.2, 0.25) is 0 Å². The Morgan fingerprint density at radius 2 is 1.75 bits per heavy atom. The molecule has 1 amide bonds. The maximum absolute atomic E-state index is 13.5. The van der Waals surface area contributed by atoms with Gasteiger partial charge in [0.25, 0.3) is 5.91 Å². The van der Waals surface area contributed by atoms with E-state index in [1.165, 1.54) is 0 Å². The Labute approximate surface area is 136 Å². The fraction of sp³-hybridized carbons (Fsp3) is 0.0588. The summed E-state index contributed by atoms with van der Waals surface area (Å²) in [6.07, 6.45) is 0.916. The molecule has 0 radical (unpaired) electrons. The molecule has 2 N–H and O–H groups in total. The minimum Gasteiger partial charge on any atom is -0.358 e. The molecule has 0 saturated carbocycles. The molecule has 2 aromatic rings. The van der Waals surface area contributed by atoms with Gasteiger partial charge in [-0.2, -0.15) is 5.26 Å². The van der Waals surface area contributed by atoms with Crippen molar-refractivity contribution in [1.82, 2.24) is 0 Å². The Morgan fingerprint density at radius 1 is 1.08 bits per heavy atom. The number of carbonyl (C=O) groups excluding carboxylic acids is 1. The molecule has 7 heteroatoms. The lowest BCUT2D eigenvalue weighted by atomic mass is 10.2. The van der Waals surface area contributed by atoms with E-state index in [-0.39, 0.29) is 5.57 Å². The summed E-state index contributed by atoms with van der Waals surface area (Å²) >= 11 is 0. The first-order valence-electron chi connectivity index (χ1n) is 6.80. The maximum Gasteiger partial charge on any atom is 0.267 e. The first-order valence-corrected chi connectivity index (χ1v) is 6.80. The van der Waals surface area contributed by atoms with E-state index in [4.69, 9.17) is 5.26 Å². The zero-order valence-electron chi connectivity index (χ0n) is 12.5. The van der Waals surface area contributed by atoms with Gasteiger partial charge in [0.15, 0.2) is 17.5 Å². The Kier molecular flexibility index (Phi) is 5.22. The van der Waals surface area contributed by atoms with E-state index in [1.807, 2.05) is 6.92 Å². The molecule has 122 valence electrons. The third kappa shape index (κ3) is 3.93. The number of amides is 1. The van der Waals surface area contributed by atoms with Crippen LogP contribution in [0.1, 0.15) is 5.56 Å². The number of aryl methyl sites for hydroxylation is 1. The lowest BCUT2D eigenvalue weighted by molar-refractivity contribution is -0.112. The summed E-state index contributed by atoms with van der Waals surface area (Å²) in [6.45, 7) is 1.88. The van der Waals surface area contributed by atoms with Crippen LogP contribution in [-0.2, 0) is 4.79 Å². The van der Waals surface area contributed by atoms with Gasteiger partial charge >= 0.3 is 0 Å². The van der Waals surface area contributed by atoms with E-state index in [1.54, 1.807) is 30.3 Å². The van der Waals surface area contributed by atoms with Crippen LogP contribution >= 0.6 is 0 Å². The van der Waals surface area contributed by atoms with Crippen molar-refractivity contribution in [1.29, 1.82) is 5.26 Å². The van der Waals surface area contributed by atoms with Crippen molar-refractivity contribution in [2.24, 2.45) is 0 Å². The van der Waals surface area contributed by atoms with Gasteiger partial charge in [0.05, 0.1) is 5.69 Å². The summed E-state index contributed by atoms with van der Waals surface area (Å²) in [5.41, 5.74) is 0.717. The number of nitriles is 1. The fourth-order valence-electron chi connectivity index (χ4n) is 1.77. The second kappa shape index (κ2) is 7.33. The maximum atomic E-state index is 13.5. The lowest BCUT2D eigenvalue weighted by Gasteiger charge is -2.07. The summed E-state index contributed by atoms with van der Waals surface area (Å²) < 4.78 is 39.5. The van der Waals surface area contributed by atoms with Crippen LogP contribution in [0, 0.1) is 35.7 Å². The Bertz CT molecular complexity index is 839. The molecule has 0 aliphatic heterocycles. The molecule has 0 fully saturated rings. The molecule has 0 heterocycles. The smallest absolute Gasteiger partial charge is 0.267 e. The number of halogens is 3. The van der Waals surface area contributed by atoms with Crippen molar-refractivity contribution in [3.63, 3.8) is 0 Å². The highest BCUT2D eigenvalue weighted by Crippen LogP contribution is 2.20. The molecule has 24 heavy (non-hydrogen) atoms. The first kappa shape index (κ1) is 17.1. The van der Waals surface area contributed by atoms with Crippen LogP contribution in [0.2, 0.25) is 0 Å². The van der Waals surface area contributed by atoms with Gasteiger partial charge < -0.3 is 10.6 Å². The molecule has 2 rings (SSSR count). The zero-order chi connectivity index (χ0) is 17.7. The monoisotopic (exact) mass is 331 g/mol. The van der Waals surface area contributed by atoms with E-state index in [0.29, 0.717) is 5.69 Å². The Morgan fingerprint density at radius 3 is 2.38 bits per heavy atom. The number of rotatable bonds is 4. The van der Waals surface area contributed by atoms with Gasteiger partial charge in [-0.25, -0.2) is 13.2 Å². The summed E-state index contributed by atoms with van der Waals surface area (Å²) in [5, 5.41) is 13.8. The van der Waals surface area contributed by atoms with Crippen LogP contribution in [0.3, 0.4) is 0 Å². The molecule has 0 aliphatic carbocycles. The number of benzene rings is 2. The summed E-state index contributed by atoms with van der Waals surface area (Å²) in [6, 6.07) is 10.2. The average molecular weight is 331 g/mol. The highest BCUT2D eigenvalue weighted by atomic mass is 19.2. The molecule has 0 unspecified atom stereocenters. The number of hydrogen-bond acceptors (Lipinski definition) is 3. The van der Waals surface area contributed by atoms with E-state index in [9.17, 15) is 18.0 Å². The molecule has 0 aromatic heterocycles. The average Bonchev–Trinajstić information content (AvgIpc) is 2.57. The molecule has 0 saturated heterocycles. The molecular weight excluding hydrogens is 319 g/mol. The van der Waals surface area contributed by atoms with Crippen molar-refractivity contribution in [2.45, 2.75) is 6.92 Å². The number of nitrogens with zero attached hydrogens (tertiary/aromatic N) is 1. The predicted molar refractivity (Wildman–Crippen MR) is 83.4 cm³/mol. The summed E-state index contributed by atoms with van der Waals surface area (Å²) in [5.74, 6) is -5.14. The van der Waals surface area contributed by atoms with Gasteiger partial charge in [0, 0.05) is 11.9 Å². The number of carbonyl (C=O) groups is 1. The highest BCUT2D eigenvalue weighted by Gasteiger charge is 2.14. The van der Waals surface area contributed by atoms with E-state index in [2.05, 4.69) is 10.6 Å². The Hall–Kier alpha value is -3.27. The molecule has 2 aromatic carbocycles. The SMILES string of the molecule is Cc1ccc(NC(=O)/C(C#N)=C\Nc2ccc(F)c(F)c2F)cc1. The minimum absolute atomic E-state index is 0.361.